The second-order valence-corrected chi connectivity index (χ2v) is 7.82. The fourth-order valence-electron chi connectivity index (χ4n) is 3.58. The smallest absolute Gasteiger partial charge is 0.261 e. The normalized spacial score (nSPS) is 12.4. The number of hydrogen-bond donors (Lipinski definition) is 3. The van der Waals surface area contributed by atoms with Gasteiger partial charge in [0.05, 0.1) is 11.1 Å². The van der Waals surface area contributed by atoms with Gasteiger partial charge in [-0.05, 0) is 43.2 Å². The van der Waals surface area contributed by atoms with Gasteiger partial charge in [-0.3, -0.25) is 19.3 Å². The van der Waals surface area contributed by atoms with Crippen LogP contribution in [0.2, 0.25) is 0 Å². The van der Waals surface area contributed by atoms with Crippen LogP contribution < -0.4 is 16.0 Å². The summed E-state index contributed by atoms with van der Waals surface area (Å²) in [5.41, 5.74) is 1.92. The van der Waals surface area contributed by atoms with E-state index in [1.807, 2.05) is 19.1 Å². The zero-order chi connectivity index (χ0) is 23.9. The van der Waals surface area contributed by atoms with Crippen molar-refractivity contribution in [3.63, 3.8) is 0 Å². The number of carbonyl (C=O) groups is 3. The van der Waals surface area contributed by atoms with Gasteiger partial charge in [-0.1, -0.05) is 12.1 Å². The molecule has 10 nitrogen and oxygen atoms in total. The molecular weight excluding hydrogens is 434 g/mol. The summed E-state index contributed by atoms with van der Waals surface area (Å²) in [5.74, 6) is 1.16. The van der Waals surface area contributed by atoms with Crippen LogP contribution in [0.3, 0.4) is 0 Å². The Hall–Kier alpha value is -4.34. The molecule has 10 heteroatoms. The third-order valence-electron chi connectivity index (χ3n) is 5.26. The lowest BCUT2D eigenvalue weighted by Gasteiger charge is -2.13. The number of hydrogen-bond acceptors (Lipinski definition) is 8. The first kappa shape index (κ1) is 22.8. The number of fused-ring (bicyclic) bond motifs is 1. The third-order valence-corrected chi connectivity index (χ3v) is 5.26. The van der Waals surface area contributed by atoms with Crippen molar-refractivity contribution in [3.05, 3.63) is 71.7 Å². The van der Waals surface area contributed by atoms with E-state index in [0.717, 1.165) is 5.56 Å². The second kappa shape index (κ2) is 10.5. The van der Waals surface area contributed by atoms with E-state index in [9.17, 15) is 14.4 Å². The maximum atomic E-state index is 12.3. The number of carbonyl (C=O) groups excluding carboxylic acids is 3. The average Bonchev–Trinajstić information content (AvgIpc) is 3.07. The van der Waals surface area contributed by atoms with E-state index in [4.69, 9.17) is 0 Å². The highest BCUT2D eigenvalue weighted by Gasteiger charge is 2.34. The lowest BCUT2D eigenvalue weighted by atomic mass is 10.1. The van der Waals surface area contributed by atoms with Crippen LogP contribution in [0.25, 0.3) is 0 Å². The van der Waals surface area contributed by atoms with E-state index < -0.39 is 0 Å². The molecule has 4 rings (SSSR count). The van der Waals surface area contributed by atoms with Gasteiger partial charge in [0.1, 0.15) is 23.8 Å². The molecule has 3 aromatic rings. The molecule has 34 heavy (non-hydrogen) atoms. The molecule has 3 heterocycles. The molecule has 174 valence electrons. The Morgan fingerprint density at radius 2 is 1.62 bits per heavy atom. The van der Waals surface area contributed by atoms with Gasteiger partial charge in [0.25, 0.3) is 11.8 Å². The summed E-state index contributed by atoms with van der Waals surface area (Å²) in [5, 5.41) is 9.08. The van der Waals surface area contributed by atoms with E-state index in [0.29, 0.717) is 48.1 Å². The van der Waals surface area contributed by atoms with Gasteiger partial charge in [-0.15, -0.1) is 0 Å². The average molecular weight is 460 g/mol. The molecule has 0 saturated carbocycles. The number of rotatable bonds is 10. The van der Waals surface area contributed by atoms with Gasteiger partial charge in [0.15, 0.2) is 0 Å². The van der Waals surface area contributed by atoms with Gasteiger partial charge in [-0.2, -0.15) is 0 Å². The zero-order valence-corrected chi connectivity index (χ0v) is 18.7. The lowest BCUT2D eigenvalue weighted by molar-refractivity contribution is -0.121. The van der Waals surface area contributed by atoms with Crippen molar-refractivity contribution >= 4 is 35.2 Å². The van der Waals surface area contributed by atoms with Crippen LogP contribution in [0.1, 0.15) is 39.1 Å². The molecule has 2 aromatic heterocycles. The predicted molar refractivity (Wildman–Crippen MR) is 127 cm³/mol. The van der Waals surface area contributed by atoms with Crippen LogP contribution in [0.4, 0.5) is 17.5 Å². The molecule has 0 radical (unpaired) electrons. The Bertz CT molecular complexity index is 1180. The Morgan fingerprint density at radius 1 is 0.912 bits per heavy atom. The minimum absolute atomic E-state index is 0.144. The van der Waals surface area contributed by atoms with E-state index >= 15 is 0 Å². The van der Waals surface area contributed by atoms with Crippen molar-refractivity contribution < 1.29 is 14.4 Å². The molecule has 1 aliphatic rings. The van der Waals surface area contributed by atoms with E-state index in [-0.39, 0.29) is 30.7 Å². The minimum Gasteiger partial charge on any atom is -0.368 e. The minimum atomic E-state index is -0.304. The van der Waals surface area contributed by atoms with Crippen LogP contribution >= 0.6 is 0 Å². The highest BCUT2D eigenvalue weighted by Crippen LogP contribution is 2.22. The topological polar surface area (TPSA) is 129 Å². The van der Waals surface area contributed by atoms with Crippen LogP contribution in [-0.4, -0.2) is 57.2 Å². The van der Waals surface area contributed by atoms with E-state index in [1.165, 1.54) is 11.2 Å². The summed E-state index contributed by atoms with van der Waals surface area (Å²) < 4.78 is 0. The molecule has 0 unspecified atom stereocenters. The van der Waals surface area contributed by atoms with Crippen molar-refractivity contribution in [1.29, 1.82) is 0 Å². The Balaban J connectivity index is 1.15. The quantitative estimate of drug-likeness (QED) is 0.312. The van der Waals surface area contributed by atoms with Crippen molar-refractivity contribution in [3.8, 4) is 0 Å². The molecular formula is C24H25N7O3. The molecule has 0 saturated heterocycles. The van der Waals surface area contributed by atoms with Gasteiger partial charge in [0, 0.05) is 38.3 Å². The number of nitrogens with zero attached hydrogens (tertiary/aromatic N) is 4. The predicted octanol–water partition coefficient (Wildman–Crippen LogP) is 2.53. The number of nitrogens with one attached hydrogen (secondary N) is 3. The Kier molecular flexibility index (Phi) is 7.07. The Labute approximate surface area is 196 Å². The van der Waals surface area contributed by atoms with Crippen molar-refractivity contribution in [1.82, 2.24) is 25.2 Å². The molecule has 0 atom stereocenters. The third kappa shape index (κ3) is 5.52. The molecule has 1 aliphatic heterocycles. The standard InChI is InChI=1S/C24H25N7O3/c1-16-8-9-25-20(13-16)30-21-14-19(28-15-29-21)26-10-11-27-22(32)7-4-12-31-23(33)17-5-2-3-6-18(17)24(31)34/h2-3,5-6,8-9,13-15H,4,7,10-12H2,1H3,(H,27,32)(H2,25,26,28,29,30). The number of benzene rings is 1. The van der Waals surface area contributed by atoms with Crippen LogP contribution in [0.5, 0.6) is 0 Å². The molecule has 0 aliphatic carbocycles. The summed E-state index contributed by atoms with van der Waals surface area (Å²) in [6.45, 7) is 3.07. The Morgan fingerprint density at radius 3 is 2.35 bits per heavy atom. The number of aryl methyl sites for hydroxylation is 1. The number of pyridine rings is 1. The molecule has 0 spiro atoms. The maximum absolute atomic E-state index is 12.3. The van der Waals surface area contributed by atoms with Gasteiger partial charge < -0.3 is 16.0 Å². The van der Waals surface area contributed by atoms with E-state index in [1.54, 1.807) is 36.5 Å². The summed E-state index contributed by atoms with van der Waals surface area (Å²) in [6, 6.07) is 12.3. The number of aromatic nitrogens is 3. The maximum Gasteiger partial charge on any atom is 0.261 e. The SMILES string of the molecule is Cc1ccnc(Nc2cc(NCCNC(=O)CCCN3C(=O)c4ccccc4C3=O)ncn2)c1. The van der Waals surface area contributed by atoms with Crippen molar-refractivity contribution in [2.75, 3.05) is 30.3 Å². The van der Waals surface area contributed by atoms with Gasteiger partial charge >= 0.3 is 0 Å². The highest BCUT2D eigenvalue weighted by atomic mass is 16.2. The lowest BCUT2D eigenvalue weighted by Crippen LogP contribution is -2.33. The first-order chi connectivity index (χ1) is 16.5. The fraction of sp³-hybridized carbons (Fsp3) is 0.250. The molecule has 3 amide bonds. The van der Waals surface area contributed by atoms with Crippen LogP contribution in [-0.2, 0) is 4.79 Å². The summed E-state index contributed by atoms with van der Waals surface area (Å²) >= 11 is 0. The van der Waals surface area contributed by atoms with Crippen molar-refractivity contribution in [2.24, 2.45) is 0 Å². The van der Waals surface area contributed by atoms with E-state index in [2.05, 4.69) is 30.9 Å². The van der Waals surface area contributed by atoms with Crippen molar-refractivity contribution in [2.45, 2.75) is 19.8 Å². The summed E-state index contributed by atoms with van der Waals surface area (Å²) in [6.07, 6.45) is 3.79. The summed E-state index contributed by atoms with van der Waals surface area (Å²) in [4.78, 5) is 50.6. The first-order valence-corrected chi connectivity index (χ1v) is 11.0. The monoisotopic (exact) mass is 459 g/mol. The zero-order valence-electron chi connectivity index (χ0n) is 18.7. The molecule has 3 N–H and O–H groups in total. The van der Waals surface area contributed by atoms with Crippen LogP contribution in [0.15, 0.2) is 55.0 Å². The van der Waals surface area contributed by atoms with Crippen LogP contribution in [0, 0.1) is 6.92 Å². The molecule has 1 aromatic carbocycles. The number of imide groups is 1. The van der Waals surface area contributed by atoms with Gasteiger partial charge in [-0.25, -0.2) is 15.0 Å². The largest absolute Gasteiger partial charge is 0.368 e. The fourth-order valence-corrected chi connectivity index (χ4v) is 3.58. The number of anilines is 3. The molecule has 0 fully saturated rings. The first-order valence-electron chi connectivity index (χ1n) is 11.0. The molecule has 0 bridgehead atoms. The highest BCUT2D eigenvalue weighted by molar-refractivity contribution is 6.21. The van der Waals surface area contributed by atoms with Gasteiger partial charge in [0.2, 0.25) is 5.91 Å². The summed E-state index contributed by atoms with van der Waals surface area (Å²) in [7, 11) is 0. The second-order valence-electron chi connectivity index (χ2n) is 7.82. The number of amides is 3.